The summed E-state index contributed by atoms with van der Waals surface area (Å²) in [6.07, 6.45) is 3.67. The number of carbonyl (C=O) groups excluding carboxylic acids is 1. The molecular weight excluding hydrogens is 378 g/mol. The fourth-order valence-corrected chi connectivity index (χ4v) is 3.72. The van der Waals surface area contributed by atoms with Crippen LogP contribution >= 0.6 is 11.3 Å². The molecule has 3 aromatic rings. The second-order valence-electron chi connectivity index (χ2n) is 6.59. The zero-order valence-electron chi connectivity index (χ0n) is 15.4. The lowest BCUT2D eigenvalue weighted by Gasteiger charge is -2.29. The van der Waals surface area contributed by atoms with E-state index < -0.39 is 5.60 Å². The molecule has 0 bridgehead atoms. The first-order valence-electron chi connectivity index (χ1n) is 8.64. The molecule has 0 radical (unpaired) electrons. The summed E-state index contributed by atoms with van der Waals surface area (Å²) in [6.45, 7) is 1.69. The van der Waals surface area contributed by atoms with Crippen molar-refractivity contribution in [1.29, 1.82) is 0 Å². The Hall–Kier alpha value is -3.10. The Kier molecular flexibility index (Phi) is 4.66. The van der Waals surface area contributed by atoms with Crippen LogP contribution in [0.25, 0.3) is 16.3 Å². The molecule has 4 rings (SSSR count). The van der Waals surface area contributed by atoms with Crippen LogP contribution in [0.15, 0.2) is 42.5 Å². The van der Waals surface area contributed by atoms with E-state index in [2.05, 4.69) is 15.6 Å². The minimum Gasteiger partial charge on any atom is -0.497 e. The van der Waals surface area contributed by atoms with E-state index in [9.17, 15) is 9.90 Å². The number of anilines is 2. The number of carbonyl (C=O) groups is 1. The van der Waals surface area contributed by atoms with E-state index >= 15 is 0 Å². The number of nitrogens with one attached hydrogen (secondary N) is 2. The molecule has 7 nitrogen and oxygen atoms in total. The van der Waals surface area contributed by atoms with Crippen LogP contribution in [0.1, 0.15) is 12.5 Å². The van der Waals surface area contributed by atoms with E-state index in [4.69, 9.17) is 9.47 Å². The topological polar surface area (TPSA) is 92.7 Å². The Morgan fingerprint density at radius 2 is 2.14 bits per heavy atom. The minimum absolute atomic E-state index is 0.112. The fourth-order valence-electron chi connectivity index (χ4n) is 2.83. The number of benzene rings is 2. The number of thiazole rings is 1. The predicted octanol–water partition coefficient (Wildman–Crippen LogP) is 4.11. The van der Waals surface area contributed by atoms with Crippen LogP contribution in [0.4, 0.5) is 15.6 Å². The Morgan fingerprint density at radius 1 is 1.29 bits per heavy atom. The van der Waals surface area contributed by atoms with E-state index in [0.717, 1.165) is 21.5 Å². The highest BCUT2D eigenvalue weighted by Gasteiger charge is 2.26. The quantitative estimate of drug-likeness (QED) is 0.616. The number of methoxy groups -OCH3 is 1. The van der Waals surface area contributed by atoms with Gasteiger partial charge >= 0.3 is 6.03 Å². The number of aliphatic hydroxyl groups is 1. The predicted molar refractivity (Wildman–Crippen MR) is 110 cm³/mol. The number of aliphatic hydroxyl groups excluding tert-OH is 1. The van der Waals surface area contributed by atoms with Crippen molar-refractivity contribution in [2.75, 3.05) is 24.4 Å². The van der Waals surface area contributed by atoms with Gasteiger partial charge in [-0.3, -0.25) is 5.32 Å². The summed E-state index contributed by atoms with van der Waals surface area (Å²) in [5.41, 5.74) is 1.52. The van der Waals surface area contributed by atoms with Crippen molar-refractivity contribution in [3.8, 4) is 11.5 Å². The van der Waals surface area contributed by atoms with Gasteiger partial charge in [0.2, 0.25) is 0 Å². The van der Waals surface area contributed by atoms with Gasteiger partial charge in [0.1, 0.15) is 17.1 Å². The highest BCUT2D eigenvalue weighted by Crippen LogP contribution is 2.33. The summed E-state index contributed by atoms with van der Waals surface area (Å²) in [6, 6.07) is 10.5. The zero-order chi connectivity index (χ0) is 19.7. The van der Waals surface area contributed by atoms with Crippen LogP contribution in [-0.4, -0.2) is 35.4 Å². The molecule has 3 N–H and O–H groups in total. The van der Waals surface area contributed by atoms with E-state index in [1.54, 1.807) is 32.2 Å². The molecule has 2 heterocycles. The first-order valence-corrected chi connectivity index (χ1v) is 9.45. The van der Waals surface area contributed by atoms with Crippen LogP contribution < -0.4 is 20.1 Å². The van der Waals surface area contributed by atoms with Crippen LogP contribution in [0.2, 0.25) is 0 Å². The first kappa shape index (κ1) is 18.3. The van der Waals surface area contributed by atoms with Gasteiger partial charge in [-0.15, -0.1) is 0 Å². The van der Waals surface area contributed by atoms with Gasteiger partial charge in [-0.1, -0.05) is 17.4 Å². The molecule has 0 spiro atoms. The highest BCUT2D eigenvalue weighted by atomic mass is 32.1. The molecule has 1 aliphatic rings. The van der Waals surface area contributed by atoms with Gasteiger partial charge in [0.15, 0.2) is 5.13 Å². The SMILES string of the molecule is COc1ccc2nc(NC(=O)Nc3ccc4c(c3)C=CC(C)(CO)O4)sc2c1. The van der Waals surface area contributed by atoms with Crippen molar-refractivity contribution in [3.05, 3.63) is 48.0 Å². The maximum Gasteiger partial charge on any atom is 0.325 e. The first-order chi connectivity index (χ1) is 13.5. The summed E-state index contributed by atoms with van der Waals surface area (Å²) in [5, 5.41) is 15.5. The van der Waals surface area contributed by atoms with Crippen LogP contribution in [-0.2, 0) is 0 Å². The van der Waals surface area contributed by atoms with Gasteiger partial charge in [-0.05, 0) is 49.4 Å². The molecule has 2 aromatic carbocycles. The van der Waals surface area contributed by atoms with Crippen LogP contribution in [0.5, 0.6) is 11.5 Å². The number of ether oxygens (including phenoxy) is 2. The van der Waals surface area contributed by atoms with Gasteiger partial charge in [0.05, 0.1) is 23.9 Å². The van der Waals surface area contributed by atoms with E-state index in [0.29, 0.717) is 16.6 Å². The normalized spacial score (nSPS) is 17.7. The second kappa shape index (κ2) is 7.14. The third-order valence-electron chi connectivity index (χ3n) is 4.36. The van der Waals surface area contributed by atoms with Crippen molar-refractivity contribution in [2.24, 2.45) is 0 Å². The summed E-state index contributed by atoms with van der Waals surface area (Å²) < 4.78 is 11.9. The van der Waals surface area contributed by atoms with E-state index in [1.807, 2.05) is 30.3 Å². The monoisotopic (exact) mass is 397 g/mol. The van der Waals surface area contributed by atoms with Crippen molar-refractivity contribution in [3.63, 3.8) is 0 Å². The Balaban J connectivity index is 1.46. The van der Waals surface area contributed by atoms with Crippen LogP contribution in [0, 0.1) is 0 Å². The number of fused-ring (bicyclic) bond motifs is 2. The van der Waals surface area contributed by atoms with Crippen LogP contribution in [0.3, 0.4) is 0 Å². The van der Waals surface area contributed by atoms with Crippen molar-refractivity contribution >= 4 is 44.5 Å². The highest BCUT2D eigenvalue weighted by molar-refractivity contribution is 7.22. The molecule has 0 saturated heterocycles. The summed E-state index contributed by atoms with van der Waals surface area (Å²) in [4.78, 5) is 16.7. The third kappa shape index (κ3) is 3.64. The smallest absolute Gasteiger partial charge is 0.325 e. The molecule has 0 aliphatic carbocycles. The molecule has 2 amide bonds. The standard InChI is InChI=1S/C20H19N3O4S/c1-20(11-24)8-7-12-9-13(3-6-16(12)27-20)21-18(25)23-19-22-15-5-4-14(26-2)10-17(15)28-19/h3-10,24H,11H2,1-2H3,(H2,21,22,23,25). The fraction of sp³-hybridized carbons (Fsp3) is 0.200. The molecule has 1 unspecified atom stereocenters. The molecule has 1 atom stereocenters. The minimum atomic E-state index is -0.727. The van der Waals surface area contributed by atoms with Gasteiger partial charge in [0, 0.05) is 11.3 Å². The van der Waals surface area contributed by atoms with E-state index in [-0.39, 0.29) is 12.6 Å². The lowest BCUT2D eigenvalue weighted by atomic mass is 10.0. The average Bonchev–Trinajstić information content (AvgIpc) is 3.09. The molecule has 1 aliphatic heterocycles. The third-order valence-corrected chi connectivity index (χ3v) is 5.29. The Labute approximate surface area is 165 Å². The Morgan fingerprint density at radius 3 is 2.93 bits per heavy atom. The molecule has 1 aromatic heterocycles. The second-order valence-corrected chi connectivity index (χ2v) is 7.62. The van der Waals surface area contributed by atoms with Gasteiger partial charge < -0.3 is 19.9 Å². The van der Waals surface area contributed by atoms with Crippen molar-refractivity contribution < 1.29 is 19.4 Å². The number of nitrogens with zero attached hydrogens (tertiary/aromatic N) is 1. The molecular formula is C20H19N3O4S. The number of aromatic nitrogens is 1. The molecule has 8 heteroatoms. The lowest BCUT2D eigenvalue weighted by Crippen LogP contribution is -2.35. The van der Waals surface area contributed by atoms with E-state index in [1.165, 1.54) is 11.3 Å². The van der Waals surface area contributed by atoms with Crippen molar-refractivity contribution in [2.45, 2.75) is 12.5 Å². The number of amides is 2. The summed E-state index contributed by atoms with van der Waals surface area (Å²) in [5.74, 6) is 1.40. The average molecular weight is 397 g/mol. The summed E-state index contributed by atoms with van der Waals surface area (Å²) in [7, 11) is 1.61. The zero-order valence-corrected chi connectivity index (χ0v) is 16.2. The molecule has 28 heavy (non-hydrogen) atoms. The number of hydrogen-bond donors (Lipinski definition) is 3. The van der Waals surface area contributed by atoms with Gasteiger partial charge in [-0.2, -0.15) is 0 Å². The largest absolute Gasteiger partial charge is 0.497 e. The van der Waals surface area contributed by atoms with Gasteiger partial charge in [-0.25, -0.2) is 9.78 Å². The maximum absolute atomic E-state index is 12.3. The molecule has 144 valence electrons. The Bertz CT molecular complexity index is 1080. The van der Waals surface area contributed by atoms with Gasteiger partial charge in [0.25, 0.3) is 0 Å². The number of urea groups is 1. The molecule has 0 fully saturated rings. The summed E-state index contributed by atoms with van der Waals surface area (Å²) >= 11 is 1.37. The number of rotatable bonds is 4. The molecule has 0 saturated carbocycles. The maximum atomic E-state index is 12.3. The van der Waals surface area contributed by atoms with Crippen molar-refractivity contribution in [1.82, 2.24) is 4.98 Å². The lowest BCUT2D eigenvalue weighted by molar-refractivity contribution is 0.0641. The number of hydrogen-bond acceptors (Lipinski definition) is 6.